The van der Waals surface area contributed by atoms with Crippen molar-refractivity contribution in [3.8, 4) is 0 Å². The number of rotatable bonds is 4. The van der Waals surface area contributed by atoms with Crippen LogP contribution in [-0.2, 0) is 0 Å². The number of likely N-dealkylation sites (N-methyl/N-ethyl adjacent to an activating group) is 1. The summed E-state index contributed by atoms with van der Waals surface area (Å²) in [5, 5.41) is 9.15. The van der Waals surface area contributed by atoms with Gasteiger partial charge in [0.15, 0.2) is 0 Å². The van der Waals surface area contributed by atoms with Crippen molar-refractivity contribution in [1.29, 1.82) is 0 Å². The van der Waals surface area contributed by atoms with Gasteiger partial charge in [0.2, 0.25) is 0 Å². The number of aliphatic hydroxyl groups is 1. The van der Waals surface area contributed by atoms with E-state index in [0.717, 1.165) is 6.54 Å². The van der Waals surface area contributed by atoms with Crippen molar-refractivity contribution in [1.82, 2.24) is 4.90 Å². The highest BCUT2D eigenvalue weighted by atomic mass is 16.3. The fraction of sp³-hybridized carbons (Fsp3) is 1.00. The zero-order valence-corrected chi connectivity index (χ0v) is 10.2. The lowest BCUT2D eigenvalue weighted by molar-refractivity contribution is 0.131. The average Bonchev–Trinajstić information content (AvgIpc) is 2.45. The van der Waals surface area contributed by atoms with Crippen LogP contribution in [0.2, 0.25) is 0 Å². The van der Waals surface area contributed by atoms with E-state index >= 15 is 0 Å². The van der Waals surface area contributed by atoms with Crippen LogP contribution in [0, 0.1) is 0 Å². The number of nitrogens with zero attached hydrogens (tertiary/aromatic N) is 1. The van der Waals surface area contributed by atoms with Gasteiger partial charge >= 0.3 is 0 Å². The van der Waals surface area contributed by atoms with Gasteiger partial charge in [0.05, 0.1) is 6.61 Å². The Labute approximate surface area is 93.6 Å². The molecule has 0 saturated heterocycles. The highest BCUT2D eigenvalue weighted by Crippen LogP contribution is 2.21. The first-order valence-electron chi connectivity index (χ1n) is 6.15. The molecule has 3 N–H and O–H groups in total. The molecule has 1 saturated carbocycles. The molecular weight excluding hydrogens is 188 g/mol. The Bertz CT molecular complexity index is 174. The molecule has 0 aromatic rings. The molecule has 3 heteroatoms. The van der Waals surface area contributed by atoms with E-state index in [0.29, 0.717) is 6.04 Å². The Hall–Kier alpha value is -0.120. The molecule has 0 amide bonds. The van der Waals surface area contributed by atoms with Crippen LogP contribution in [0.5, 0.6) is 0 Å². The summed E-state index contributed by atoms with van der Waals surface area (Å²) in [7, 11) is 2.14. The third kappa shape index (κ3) is 4.49. The summed E-state index contributed by atoms with van der Waals surface area (Å²) >= 11 is 0. The predicted octanol–water partition coefficient (Wildman–Crippen LogP) is 1.35. The zero-order chi connectivity index (χ0) is 11.3. The maximum Gasteiger partial charge on any atom is 0.0621 e. The normalized spacial score (nSPS) is 23.8. The minimum Gasteiger partial charge on any atom is -0.394 e. The van der Waals surface area contributed by atoms with E-state index in [2.05, 4.69) is 11.9 Å². The van der Waals surface area contributed by atoms with E-state index in [1.54, 1.807) is 0 Å². The van der Waals surface area contributed by atoms with Crippen molar-refractivity contribution in [3.05, 3.63) is 0 Å². The molecule has 0 radical (unpaired) electrons. The van der Waals surface area contributed by atoms with Gasteiger partial charge in [-0.15, -0.1) is 0 Å². The van der Waals surface area contributed by atoms with Gasteiger partial charge in [0.1, 0.15) is 0 Å². The van der Waals surface area contributed by atoms with Crippen molar-refractivity contribution in [2.24, 2.45) is 5.73 Å². The fourth-order valence-electron chi connectivity index (χ4n) is 2.45. The van der Waals surface area contributed by atoms with Crippen LogP contribution in [0.25, 0.3) is 0 Å². The molecule has 0 aromatic carbocycles. The van der Waals surface area contributed by atoms with Crippen LogP contribution < -0.4 is 5.73 Å². The molecular formula is C12H26N2O. The maximum absolute atomic E-state index is 9.15. The first kappa shape index (κ1) is 12.9. The average molecular weight is 214 g/mol. The largest absolute Gasteiger partial charge is 0.394 e. The molecule has 0 aliphatic heterocycles. The third-order valence-electron chi connectivity index (χ3n) is 3.42. The number of nitrogens with two attached hydrogens (primary N) is 1. The molecule has 1 atom stereocenters. The maximum atomic E-state index is 9.15. The Morgan fingerprint density at radius 3 is 2.27 bits per heavy atom. The van der Waals surface area contributed by atoms with Crippen molar-refractivity contribution in [2.45, 2.75) is 57.0 Å². The molecule has 90 valence electrons. The standard InChI is InChI=1S/C12H26N2O/c1-12(13,10-15)9-14(2)11-7-5-3-4-6-8-11/h11,15H,3-10,13H2,1-2H3. The minimum atomic E-state index is -0.457. The van der Waals surface area contributed by atoms with Crippen LogP contribution >= 0.6 is 0 Å². The number of hydrogen-bond acceptors (Lipinski definition) is 3. The molecule has 15 heavy (non-hydrogen) atoms. The van der Waals surface area contributed by atoms with E-state index < -0.39 is 5.54 Å². The second kappa shape index (κ2) is 5.83. The van der Waals surface area contributed by atoms with Gasteiger partial charge < -0.3 is 15.7 Å². The van der Waals surface area contributed by atoms with Crippen LogP contribution in [0.4, 0.5) is 0 Å². The van der Waals surface area contributed by atoms with E-state index in [1.165, 1.54) is 38.5 Å². The van der Waals surface area contributed by atoms with Gasteiger partial charge in [0.25, 0.3) is 0 Å². The summed E-state index contributed by atoms with van der Waals surface area (Å²) in [5.74, 6) is 0. The SMILES string of the molecule is CN(CC(C)(N)CO)C1CCCCCC1. The Kier molecular flexibility index (Phi) is 5.03. The predicted molar refractivity (Wildman–Crippen MR) is 63.8 cm³/mol. The minimum absolute atomic E-state index is 0.0596. The monoisotopic (exact) mass is 214 g/mol. The highest BCUT2D eigenvalue weighted by Gasteiger charge is 2.24. The lowest BCUT2D eigenvalue weighted by Crippen LogP contribution is -2.51. The topological polar surface area (TPSA) is 49.5 Å². The quantitative estimate of drug-likeness (QED) is 0.695. The molecule has 1 rings (SSSR count). The summed E-state index contributed by atoms with van der Waals surface area (Å²) in [6.45, 7) is 2.76. The number of aliphatic hydroxyl groups excluding tert-OH is 1. The van der Waals surface area contributed by atoms with Crippen molar-refractivity contribution in [3.63, 3.8) is 0 Å². The van der Waals surface area contributed by atoms with Gasteiger partial charge in [-0.05, 0) is 26.8 Å². The van der Waals surface area contributed by atoms with Gasteiger partial charge in [-0.1, -0.05) is 25.7 Å². The second-order valence-corrected chi connectivity index (χ2v) is 5.37. The summed E-state index contributed by atoms with van der Waals surface area (Å²) in [5.41, 5.74) is 5.51. The first-order valence-corrected chi connectivity index (χ1v) is 6.15. The fourth-order valence-corrected chi connectivity index (χ4v) is 2.45. The zero-order valence-electron chi connectivity index (χ0n) is 10.2. The van der Waals surface area contributed by atoms with Gasteiger partial charge in [-0.2, -0.15) is 0 Å². The smallest absolute Gasteiger partial charge is 0.0621 e. The third-order valence-corrected chi connectivity index (χ3v) is 3.42. The molecule has 1 aliphatic rings. The Morgan fingerprint density at radius 1 is 1.27 bits per heavy atom. The second-order valence-electron chi connectivity index (χ2n) is 5.37. The summed E-state index contributed by atoms with van der Waals surface area (Å²) in [6, 6.07) is 0.668. The van der Waals surface area contributed by atoms with Crippen LogP contribution in [0.15, 0.2) is 0 Å². The summed E-state index contributed by atoms with van der Waals surface area (Å²) in [4.78, 5) is 2.33. The lowest BCUT2D eigenvalue weighted by atomic mass is 10.0. The molecule has 3 nitrogen and oxygen atoms in total. The number of hydrogen-bond donors (Lipinski definition) is 2. The molecule has 0 bridgehead atoms. The highest BCUT2D eigenvalue weighted by molar-refractivity contribution is 4.84. The van der Waals surface area contributed by atoms with Crippen LogP contribution in [0.3, 0.4) is 0 Å². The Morgan fingerprint density at radius 2 is 1.80 bits per heavy atom. The van der Waals surface area contributed by atoms with Crippen molar-refractivity contribution in [2.75, 3.05) is 20.2 Å². The van der Waals surface area contributed by atoms with Crippen molar-refractivity contribution < 1.29 is 5.11 Å². The first-order chi connectivity index (χ1) is 7.05. The van der Waals surface area contributed by atoms with Gasteiger partial charge in [-0.3, -0.25) is 0 Å². The van der Waals surface area contributed by atoms with Gasteiger partial charge in [0, 0.05) is 18.1 Å². The molecule has 0 spiro atoms. The summed E-state index contributed by atoms with van der Waals surface area (Å²) < 4.78 is 0. The Balaban J connectivity index is 2.40. The summed E-state index contributed by atoms with van der Waals surface area (Å²) in [6.07, 6.45) is 8.02. The van der Waals surface area contributed by atoms with E-state index in [1.807, 2.05) is 6.92 Å². The molecule has 1 unspecified atom stereocenters. The van der Waals surface area contributed by atoms with Crippen molar-refractivity contribution >= 4 is 0 Å². The molecule has 0 heterocycles. The molecule has 0 aromatic heterocycles. The van der Waals surface area contributed by atoms with Crippen LogP contribution in [-0.4, -0.2) is 41.8 Å². The van der Waals surface area contributed by atoms with E-state index in [9.17, 15) is 0 Å². The van der Waals surface area contributed by atoms with E-state index in [4.69, 9.17) is 10.8 Å². The lowest BCUT2D eigenvalue weighted by Gasteiger charge is -2.33. The van der Waals surface area contributed by atoms with Crippen LogP contribution in [0.1, 0.15) is 45.4 Å². The molecule has 1 fully saturated rings. The van der Waals surface area contributed by atoms with Gasteiger partial charge in [-0.25, -0.2) is 0 Å². The molecule has 1 aliphatic carbocycles. The van der Waals surface area contributed by atoms with E-state index in [-0.39, 0.29) is 6.61 Å².